The summed E-state index contributed by atoms with van der Waals surface area (Å²) in [6.07, 6.45) is 1.50. The molecule has 0 saturated carbocycles. The Balaban J connectivity index is 1.78. The lowest BCUT2D eigenvalue weighted by Crippen LogP contribution is -2.48. The van der Waals surface area contributed by atoms with Gasteiger partial charge in [0.1, 0.15) is 10.7 Å². The number of carbonyl (C=O) groups excluding carboxylic acids is 1. The van der Waals surface area contributed by atoms with E-state index >= 15 is 0 Å². The Bertz CT molecular complexity index is 823. The van der Waals surface area contributed by atoms with Crippen molar-refractivity contribution in [2.45, 2.75) is 25.8 Å². The topological polar surface area (TPSA) is 90.9 Å². The molecule has 2 N–H and O–H groups in total. The van der Waals surface area contributed by atoms with Gasteiger partial charge in [-0.15, -0.1) is 4.40 Å². The Morgan fingerprint density at radius 1 is 1.20 bits per heavy atom. The average molecular weight is 362 g/mol. The zero-order chi connectivity index (χ0) is 18.0. The van der Waals surface area contributed by atoms with E-state index in [2.05, 4.69) is 15.0 Å². The lowest BCUT2D eigenvalue weighted by Gasteiger charge is -2.33. The molecule has 7 nitrogen and oxygen atoms in total. The molecule has 0 aromatic heterocycles. The van der Waals surface area contributed by atoms with Crippen LogP contribution in [0.5, 0.6) is 0 Å². The fraction of sp³-hybridized carbons (Fsp3) is 0.412. The normalized spacial score (nSPS) is 20.4. The van der Waals surface area contributed by atoms with Crippen molar-refractivity contribution in [2.24, 2.45) is 4.40 Å². The number of hydrogen-bond donors (Lipinski definition) is 2. The van der Waals surface area contributed by atoms with Crippen molar-refractivity contribution in [2.75, 3.05) is 20.1 Å². The van der Waals surface area contributed by atoms with Gasteiger partial charge >= 0.3 is 6.03 Å². The largest absolute Gasteiger partial charge is 0.356 e. The van der Waals surface area contributed by atoms with Crippen molar-refractivity contribution in [1.82, 2.24) is 15.5 Å². The summed E-state index contributed by atoms with van der Waals surface area (Å²) in [6.45, 7) is 3.12. The number of nitrogens with zero attached hydrogens (tertiary/aromatic N) is 2. The Morgan fingerprint density at radius 2 is 1.84 bits per heavy atom. The second kappa shape index (κ2) is 6.87. The Morgan fingerprint density at radius 3 is 2.44 bits per heavy atom. The molecule has 8 heteroatoms. The van der Waals surface area contributed by atoms with Gasteiger partial charge < -0.3 is 15.5 Å². The van der Waals surface area contributed by atoms with Gasteiger partial charge in [-0.05, 0) is 25.3 Å². The minimum Gasteiger partial charge on any atom is -0.356 e. The van der Waals surface area contributed by atoms with Crippen molar-refractivity contribution >= 4 is 26.8 Å². The first-order chi connectivity index (χ1) is 11.9. The summed E-state index contributed by atoms with van der Waals surface area (Å²) in [5, 5.41) is 5.44. The number of carbonyl (C=O) groups is 1. The molecule has 0 bridgehead atoms. The molecular formula is C17H22N4O3S. The van der Waals surface area contributed by atoms with Gasteiger partial charge in [0.25, 0.3) is 10.0 Å². The Hall–Kier alpha value is -2.35. The van der Waals surface area contributed by atoms with Crippen LogP contribution in [0.2, 0.25) is 0 Å². The molecule has 1 saturated heterocycles. The van der Waals surface area contributed by atoms with Crippen LogP contribution in [-0.2, 0) is 10.0 Å². The number of hydrogen-bond acceptors (Lipinski definition) is 4. The number of sulfonamides is 1. The summed E-state index contributed by atoms with van der Waals surface area (Å²) >= 11 is 0. The van der Waals surface area contributed by atoms with Crippen LogP contribution in [0.15, 0.2) is 40.3 Å². The molecule has 1 aromatic carbocycles. The van der Waals surface area contributed by atoms with Gasteiger partial charge in [-0.2, -0.15) is 8.42 Å². The van der Waals surface area contributed by atoms with Gasteiger partial charge in [-0.3, -0.25) is 0 Å². The lowest BCUT2D eigenvalue weighted by molar-refractivity contribution is 0.228. The van der Waals surface area contributed by atoms with Crippen LogP contribution in [0.4, 0.5) is 4.79 Å². The molecule has 0 aliphatic carbocycles. The van der Waals surface area contributed by atoms with E-state index in [4.69, 9.17) is 0 Å². The van der Waals surface area contributed by atoms with Crippen molar-refractivity contribution < 1.29 is 13.2 Å². The molecule has 0 unspecified atom stereocenters. The van der Waals surface area contributed by atoms with Crippen LogP contribution in [0.1, 0.15) is 25.3 Å². The zero-order valence-electron chi connectivity index (χ0n) is 14.3. The van der Waals surface area contributed by atoms with Crippen LogP contribution in [-0.4, -0.2) is 51.4 Å². The standard InChI is InChI=1S/C17H22N4O3S/c1-12-15(13-6-4-3-5-7-13)25(23,24)20-16(12)21-10-8-14(9-11-21)19-17(22)18-2/h3-7,14H,8-11H2,1-2H3,(H2,18,19,22). The molecule has 0 radical (unpaired) electrons. The first-order valence-electron chi connectivity index (χ1n) is 8.27. The van der Waals surface area contributed by atoms with E-state index < -0.39 is 10.0 Å². The number of urea groups is 1. The van der Waals surface area contributed by atoms with Crippen molar-refractivity contribution in [3.63, 3.8) is 0 Å². The number of amidine groups is 1. The van der Waals surface area contributed by atoms with E-state index in [0.717, 1.165) is 12.8 Å². The molecule has 2 aliphatic heterocycles. The molecule has 1 fully saturated rings. The van der Waals surface area contributed by atoms with Crippen LogP contribution in [0.3, 0.4) is 0 Å². The van der Waals surface area contributed by atoms with Gasteiger partial charge in [0, 0.05) is 31.8 Å². The van der Waals surface area contributed by atoms with E-state index in [9.17, 15) is 13.2 Å². The van der Waals surface area contributed by atoms with E-state index in [1.165, 1.54) is 0 Å². The Kier molecular flexibility index (Phi) is 4.80. The molecular weight excluding hydrogens is 340 g/mol. The van der Waals surface area contributed by atoms with E-state index in [1.54, 1.807) is 26.1 Å². The summed E-state index contributed by atoms with van der Waals surface area (Å²) in [6, 6.07) is 8.96. The van der Waals surface area contributed by atoms with Crippen LogP contribution >= 0.6 is 0 Å². The number of piperidine rings is 1. The summed E-state index contributed by atoms with van der Waals surface area (Å²) in [4.78, 5) is 13.7. The van der Waals surface area contributed by atoms with Gasteiger partial charge in [-0.1, -0.05) is 30.3 Å². The monoisotopic (exact) mass is 362 g/mol. The molecule has 3 rings (SSSR count). The maximum Gasteiger partial charge on any atom is 0.314 e. The summed E-state index contributed by atoms with van der Waals surface area (Å²) in [5.74, 6) is 0.525. The fourth-order valence-corrected chi connectivity index (χ4v) is 4.75. The maximum absolute atomic E-state index is 12.5. The third-order valence-electron chi connectivity index (χ3n) is 4.53. The lowest BCUT2D eigenvalue weighted by atomic mass is 10.0. The van der Waals surface area contributed by atoms with Gasteiger partial charge in [0.05, 0.1) is 0 Å². The first kappa shape index (κ1) is 17.5. The average Bonchev–Trinajstić information content (AvgIpc) is 2.85. The van der Waals surface area contributed by atoms with E-state index in [-0.39, 0.29) is 17.0 Å². The first-order valence-corrected chi connectivity index (χ1v) is 9.71. The third kappa shape index (κ3) is 3.53. The van der Waals surface area contributed by atoms with Gasteiger partial charge in [-0.25, -0.2) is 4.79 Å². The highest BCUT2D eigenvalue weighted by atomic mass is 32.2. The molecule has 1 aromatic rings. The second-order valence-electron chi connectivity index (χ2n) is 6.19. The smallest absolute Gasteiger partial charge is 0.314 e. The predicted octanol–water partition coefficient (Wildman–Crippen LogP) is 1.55. The van der Waals surface area contributed by atoms with Crippen molar-refractivity contribution in [1.29, 1.82) is 0 Å². The highest BCUT2D eigenvalue weighted by Crippen LogP contribution is 2.34. The molecule has 25 heavy (non-hydrogen) atoms. The highest BCUT2D eigenvalue weighted by Gasteiger charge is 2.34. The van der Waals surface area contributed by atoms with Gasteiger partial charge in [0.2, 0.25) is 0 Å². The van der Waals surface area contributed by atoms with Crippen molar-refractivity contribution in [3.05, 3.63) is 41.5 Å². The van der Waals surface area contributed by atoms with Crippen LogP contribution in [0, 0.1) is 0 Å². The number of likely N-dealkylation sites (tertiary alicyclic amines) is 1. The van der Waals surface area contributed by atoms with E-state index in [1.807, 2.05) is 23.1 Å². The third-order valence-corrected chi connectivity index (χ3v) is 6.00. The van der Waals surface area contributed by atoms with Crippen molar-refractivity contribution in [3.8, 4) is 0 Å². The van der Waals surface area contributed by atoms with Crippen LogP contribution < -0.4 is 10.6 Å². The zero-order valence-corrected chi connectivity index (χ0v) is 15.1. The molecule has 2 amide bonds. The minimum atomic E-state index is -3.68. The van der Waals surface area contributed by atoms with Crippen LogP contribution in [0.25, 0.3) is 4.91 Å². The maximum atomic E-state index is 12.5. The number of amides is 2. The predicted molar refractivity (Wildman–Crippen MR) is 97.6 cm³/mol. The Labute approximate surface area is 147 Å². The summed E-state index contributed by atoms with van der Waals surface area (Å²) in [5.41, 5.74) is 1.35. The molecule has 2 aliphatic rings. The molecule has 134 valence electrons. The quantitative estimate of drug-likeness (QED) is 0.835. The number of nitrogens with one attached hydrogen (secondary N) is 2. The van der Waals surface area contributed by atoms with E-state index in [0.29, 0.717) is 30.1 Å². The number of benzene rings is 1. The molecule has 0 atom stereocenters. The number of rotatable bonds is 2. The molecule has 2 heterocycles. The van der Waals surface area contributed by atoms with Gasteiger partial charge in [0.15, 0.2) is 0 Å². The summed E-state index contributed by atoms with van der Waals surface area (Å²) < 4.78 is 29.1. The molecule has 0 spiro atoms. The fourth-order valence-electron chi connectivity index (χ4n) is 3.27. The minimum absolute atomic E-state index is 0.0905. The second-order valence-corrected chi connectivity index (χ2v) is 7.74. The summed E-state index contributed by atoms with van der Waals surface area (Å²) in [7, 11) is -2.09. The highest BCUT2D eigenvalue weighted by molar-refractivity contribution is 8.00. The SMILES string of the molecule is CNC(=O)NC1CCN(C2=NS(=O)(=O)C(c3ccccc3)=C2C)CC1.